The lowest BCUT2D eigenvalue weighted by molar-refractivity contribution is -0.142. The zero-order chi connectivity index (χ0) is 19.8. The lowest BCUT2D eigenvalue weighted by atomic mass is 10.1. The summed E-state index contributed by atoms with van der Waals surface area (Å²) in [5.74, 6) is 2.45. The number of fused-ring (bicyclic) bond motifs is 1. The number of aryl methyl sites for hydroxylation is 1. The molecule has 148 valence electrons. The van der Waals surface area contributed by atoms with Crippen LogP contribution in [0.2, 0.25) is 0 Å². The van der Waals surface area contributed by atoms with E-state index in [0.717, 1.165) is 12.2 Å². The molecule has 0 spiro atoms. The molecule has 1 fully saturated rings. The SMILES string of the molecule is Cn1ccnc1CN(C(=O)[C@@H]1COc2ccccc2O1)[C@@H]1C[C@@H]1c1ccccc1. The molecular weight excluding hydrogens is 366 g/mol. The Morgan fingerprint density at radius 2 is 1.90 bits per heavy atom. The van der Waals surface area contributed by atoms with Gasteiger partial charge in [0.1, 0.15) is 12.4 Å². The first-order valence-electron chi connectivity index (χ1n) is 9.91. The molecule has 0 saturated heterocycles. The average Bonchev–Trinajstić information content (AvgIpc) is 3.46. The minimum absolute atomic E-state index is 0.0501. The molecule has 1 aromatic heterocycles. The molecule has 0 unspecified atom stereocenters. The van der Waals surface area contributed by atoms with E-state index in [0.29, 0.717) is 24.0 Å². The molecule has 6 heteroatoms. The monoisotopic (exact) mass is 389 g/mol. The van der Waals surface area contributed by atoms with E-state index < -0.39 is 6.10 Å². The number of aromatic nitrogens is 2. The lowest BCUT2D eigenvalue weighted by Crippen LogP contribution is -2.47. The van der Waals surface area contributed by atoms with Crippen LogP contribution in [0.4, 0.5) is 0 Å². The first-order chi connectivity index (χ1) is 14.2. The molecule has 0 bridgehead atoms. The summed E-state index contributed by atoms with van der Waals surface area (Å²) in [5.41, 5.74) is 1.27. The number of hydrogen-bond acceptors (Lipinski definition) is 4. The van der Waals surface area contributed by atoms with Crippen LogP contribution in [0.3, 0.4) is 0 Å². The van der Waals surface area contributed by atoms with Gasteiger partial charge < -0.3 is 18.9 Å². The quantitative estimate of drug-likeness (QED) is 0.673. The maximum absolute atomic E-state index is 13.5. The molecular formula is C23H23N3O3. The average molecular weight is 389 g/mol. The van der Waals surface area contributed by atoms with Gasteiger partial charge in [-0.15, -0.1) is 0 Å². The molecule has 6 nitrogen and oxygen atoms in total. The van der Waals surface area contributed by atoms with E-state index in [1.165, 1.54) is 5.56 Å². The smallest absolute Gasteiger partial charge is 0.267 e. The number of nitrogens with zero attached hydrogens (tertiary/aromatic N) is 3. The van der Waals surface area contributed by atoms with Crippen molar-refractivity contribution in [3.05, 3.63) is 78.4 Å². The summed E-state index contributed by atoms with van der Waals surface area (Å²) in [6.45, 7) is 0.674. The molecule has 0 N–H and O–H groups in total. The van der Waals surface area contributed by atoms with Gasteiger partial charge in [0, 0.05) is 31.4 Å². The van der Waals surface area contributed by atoms with Crippen molar-refractivity contribution in [2.45, 2.75) is 31.0 Å². The second-order valence-corrected chi connectivity index (χ2v) is 7.60. The normalized spacial score (nSPS) is 22.2. The minimum Gasteiger partial charge on any atom is -0.485 e. The van der Waals surface area contributed by atoms with Crippen LogP contribution in [-0.4, -0.2) is 39.1 Å². The highest BCUT2D eigenvalue weighted by Crippen LogP contribution is 2.45. The van der Waals surface area contributed by atoms with E-state index in [-0.39, 0.29) is 18.6 Å². The van der Waals surface area contributed by atoms with E-state index in [9.17, 15) is 4.79 Å². The van der Waals surface area contributed by atoms with Gasteiger partial charge in [-0.05, 0) is 24.1 Å². The fourth-order valence-electron chi connectivity index (χ4n) is 3.97. The van der Waals surface area contributed by atoms with Crippen LogP contribution < -0.4 is 9.47 Å². The fraction of sp³-hybridized carbons (Fsp3) is 0.304. The van der Waals surface area contributed by atoms with E-state index in [1.807, 2.05) is 65.2 Å². The fourth-order valence-corrected chi connectivity index (χ4v) is 3.97. The van der Waals surface area contributed by atoms with E-state index in [4.69, 9.17) is 9.47 Å². The highest BCUT2D eigenvalue weighted by atomic mass is 16.6. The zero-order valence-corrected chi connectivity index (χ0v) is 16.3. The van der Waals surface area contributed by atoms with Gasteiger partial charge in [0.15, 0.2) is 11.5 Å². The number of carbonyl (C=O) groups is 1. The predicted octanol–water partition coefficient (Wildman–Crippen LogP) is 3.14. The zero-order valence-electron chi connectivity index (χ0n) is 16.3. The van der Waals surface area contributed by atoms with Crippen LogP contribution in [0.5, 0.6) is 11.5 Å². The standard InChI is InChI=1S/C23H23N3O3/c1-25-12-11-24-22(25)14-26(18-13-17(18)16-7-3-2-4-8-16)23(27)21-15-28-19-9-5-6-10-20(19)29-21/h2-12,17-18,21H,13-15H2,1H3/t17-,18-,21+/m1/s1. The number of benzene rings is 2. The molecule has 3 aromatic rings. The van der Waals surface area contributed by atoms with E-state index in [1.54, 1.807) is 6.20 Å². The van der Waals surface area contributed by atoms with Gasteiger partial charge in [0.2, 0.25) is 6.10 Å². The number of rotatable bonds is 5. The van der Waals surface area contributed by atoms with E-state index >= 15 is 0 Å². The van der Waals surface area contributed by atoms with Gasteiger partial charge in [-0.1, -0.05) is 42.5 Å². The summed E-state index contributed by atoms with van der Waals surface area (Å²) in [6.07, 6.45) is 3.96. The third-order valence-electron chi connectivity index (χ3n) is 5.68. The van der Waals surface area contributed by atoms with Crippen LogP contribution in [0.15, 0.2) is 67.0 Å². The van der Waals surface area contributed by atoms with Crippen LogP contribution in [-0.2, 0) is 18.4 Å². The van der Waals surface area contributed by atoms with Gasteiger partial charge in [0.05, 0.1) is 6.54 Å². The third-order valence-corrected chi connectivity index (χ3v) is 5.68. The molecule has 29 heavy (non-hydrogen) atoms. The van der Waals surface area contributed by atoms with Crippen molar-refractivity contribution < 1.29 is 14.3 Å². The molecule has 2 aromatic carbocycles. The molecule has 3 atom stereocenters. The third kappa shape index (κ3) is 3.46. The van der Waals surface area contributed by atoms with Crippen molar-refractivity contribution in [2.75, 3.05) is 6.61 Å². The Morgan fingerprint density at radius 1 is 1.14 bits per heavy atom. The number of ether oxygens (including phenoxy) is 2. The molecule has 1 amide bonds. The summed E-state index contributed by atoms with van der Waals surface area (Å²) in [6, 6.07) is 18.0. The Hall–Kier alpha value is -3.28. The Kier molecular flexibility index (Phi) is 4.46. The molecule has 2 heterocycles. The highest BCUT2D eigenvalue weighted by Gasteiger charge is 2.47. The van der Waals surface area contributed by atoms with Gasteiger partial charge in [-0.3, -0.25) is 4.79 Å². The number of imidazole rings is 1. The topological polar surface area (TPSA) is 56.6 Å². The van der Waals surface area contributed by atoms with E-state index in [2.05, 4.69) is 17.1 Å². The molecule has 5 rings (SSSR count). The van der Waals surface area contributed by atoms with Crippen LogP contribution in [0.25, 0.3) is 0 Å². The number of hydrogen-bond donors (Lipinski definition) is 0. The molecule has 1 aliphatic heterocycles. The minimum atomic E-state index is -0.651. The second-order valence-electron chi connectivity index (χ2n) is 7.60. The van der Waals surface area contributed by atoms with Gasteiger partial charge in [-0.25, -0.2) is 4.98 Å². The summed E-state index contributed by atoms with van der Waals surface area (Å²) in [4.78, 5) is 19.8. The molecule has 1 aliphatic carbocycles. The van der Waals surface area contributed by atoms with Crippen molar-refractivity contribution in [3.8, 4) is 11.5 Å². The van der Waals surface area contributed by atoms with Crippen molar-refractivity contribution >= 4 is 5.91 Å². The van der Waals surface area contributed by atoms with Crippen molar-refractivity contribution in [1.29, 1.82) is 0 Å². The van der Waals surface area contributed by atoms with Crippen LogP contribution in [0.1, 0.15) is 23.7 Å². The maximum atomic E-state index is 13.5. The highest BCUT2D eigenvalue weighted by molar-refractivity contribution is 5.82. The predicted molar refractivity (Wildman–Crippen MR) is 108 cm³/mol. The number of amides is 1. The first-order valence-corrected chi connectivity index (χ1v) is 9.91. The first kappa shape index (κ1) is 17.8. The Morgan fingerprint density at radius 3 is 2.66 bits per heavy atom. The Labute approximate surface area is 169 Å². The maximum Gasteiger partial charge on any atom is 0.267 e. The number of para-hydroxylation sites is 2. The number of carbonyl (C=O) groups excluding carboxylic acids is 1. The molecule has 2 aliphatic rings. The summed E-state index contributed by atoms with van der Waals surface area (Å²) < 4.78 is 13.7. The van der Waals surface area contributed by atoms with Crippen molar-refractivity contribution in [2.24, 2.45) is 7.05 Å². The van der Waals surface area contributed by atoms with Crippen molar-refractivity contribution in [1.82, 2.24) is 14.5 Å². The van der Waals surface area contributed by atoms with Gasteiger partial charge in [0.25, 0.3) is 5.91 Å². The van der Waals surface area contributed by atoms with Crippen LogP contribution in [0, 0.1) is 0 Å². The van der Waals surface area contributed by atoms with Crippen LogP contribution >= 0.6 is 0 Å². The second kappa shape index (κ2) is 7.28. The molecule has 0 radical (unpaired) electrons. The largest absolute Gasteiger partial charge is 0.485 e. The lowest BCUT2D eigenvalue weighted by Gasteiger charge is -2.31. The van der Waals surface area contributed by atoms with Gasteiger partial charge >= 0.3 is 0 Å². The van der Waals surface area contributed by atoms with Gasteiger partial charge in [-0.2, -0.15) is 0 Å². The summed E-state index contributed by atoms with van der Waals surface area (Å²) >= 11 is 0. The summed E-state index contributed by atoms with van der Waals surface area (Å²) in [5, 5.41) is 0. The Bertz CT molecular complexity index is 1020. The van der Waals surface area contributed by atoms with Crippen molar-refractivity contribution in [3.63, 3.8) is 0 Å². The Balaban J connectivity index is 1.39. The summed E-state index contributed by atoms with van der Waals surface area (Å²) in [7, 11) is 1.95. The molecule has 1 saturated carbocycles.